The molecule has 0 amide bonds. The minimum Gasteiger partial charge on any atom is -0.332 e. The molecule has 130 valence electrons. The summed E-state index contributed by atoms with van der Waals surface area (Å²) in [6.07, 6.45) is 1.03. The Hall–Kier alpha value is -1.37. The van der Waals surface area contributed by atoms with E-state index >= 15 is 0 Å². The van der Waals surface area contributed by atoms with Crippen molar-refractivity contribution >= 4 is 7.37 Å². The van der Waals surface area contributed by atoms with E-state index in [1.165, 1.54) is 18.2 Å². The molecule has 2 rings (SSSR count). The molecule has 0 atom stereocenters. The molecule has 3 heteroatoms. The molecule has 0 saturated carbocycles. The first-order valence-corrected chi connectivity index (χ1v) is 10.7. The van der Waals surface area contributed by atoms with Gasteiger partial charge in [0.25, 0.3) is 0 Å². The third-order valence-corrected chi connectivity index (χ3v) is 3.41. The van der Waals surface area contributed by atoms with Crippen molar-refractivity contribution in [3.05, 3.63) is 71.8 Å². The van der Waals surface area contributed by atoms with E-state index < -0.39 is 7.37 Å². The van der Waals surface area contributed by atoms with Crippen LogP contribution in [0.3, 0.4) is 0 Å². The van der Waals surface area contributed by atoms with Crippen LogP contribution in [0, 0.1) is 0 Å². The van der Waals surface area contributed by atoms with Gasteiger partial charge < -0.3 is 4.52 Å². The Balaban J connectivity index is 0. The molecule has 0 heterocycles. The maximum absolute atomic E-state index is 10.4. The zero-order chi connectivity index (χ0) is 18.1. The van der Waals surface area contributed by atoms with Gasteiger partial charge in [-0.2, -0.15) is 0 Å². The fraction of sp³-hybridized carbons (Fsp3) is 0.400. The quantitative estimate of drug-likeness (QED) is 0.598. The molecule has 0 aromatic heterocycles. The maximum atomic E-state index is 10.4. The number of rotatable bonds is 3. The fourth-order valence-corrected chi connectivity index (χ4v) is 1.43. The zero-order valence-corrected chi connectivity index (χ0v) is 16.6. The standard InChI is InChI=1S/C13H12.C3H9O2P.2C2H6/c1-3-7-12(8-4-1)11-13-9-5-2-6-10-13;1-5-6(2,3)4;2*1-2/h1-10H,11H2;1-3H3;2*1-2H3. The fourth-order valence-electron chi connectivity index (χ4n) is 1.43. The average Bonchev–Trinajstić information content (AvgIpc) is 2.60. The molecule has 0 radical (unpaired) electrons. The highest BCUT2D eigenvalue weighted by Crippen LogP contribution is 2.35. The molecule has 0 aliphatic heterocycles. The van der Waals surface area contributed by atoms with Gasteiger partial charge in [0.15, 0.2) is 7.37 Å². The molecular weight excluding hydrogens is 303 g/mol. The number of benzene rings is 2. The first-order chi connectivity index (χ1) is 11.0. The van der Waals surface area contributed by atoms with Crippen LogP contribution >= 0.6 is 7.37 Å². The minimum absolute atomic E-state index is 1.03. The predicted molar refractivity (Wildman–Crippen MR) is 105 cm³/mol. The SMILES string of the molecule is CC.CC.COP(C)(C)=O.c1ccc(Cc2ccccc2)cc1. The zero-order valence-electron chi connectivity index (χ0n) is 15.7. The Morgan fingerprint density at radius 1 is 0.739 bits per heavy atom. The Bertz CT molecular complexity index is 466. The van der Waals surface area contributed by atoms with Gasteiger partial charge >= 0.3 is 0 Å². The minimum atomic E-state index is -2.15. The summed E-state index contributed by atoms with van der Waals surface area (Å²) in [5.41, 5.74) is 2.74. The summed E-state index contributed by atoms with van der Waals surface area (Å²) < 4.78 is 14.9. The van der Waals surface area contributed by atoms with E-state index in [2.05, 4.69) is 65.2 Å². The van der Waals surface area contributed by atoms with E-state index in [1.807, 2.05) is 27.7 Å². The monoisotopic (exact) mass is 336 g/mol. The number of hydrogen-bond donors (Lipinski definition) is 0. The van der Waals surface area contributed by atoms with Gasteiger partial charge in [0.2, 0.25) is 0 Å². The van der Waals surface area contributed by atoms with Gasteiger partial charge in [-0.1, -0.05) is 88.4 Å². The van der Waals surface area contributed by atoms with Gasteiger partial charge in [-0.25, -0.2) is 0 Å². The molecule has 2 nitrogen and oxygen atoms in total. The summed E-state index contributed by atoms with van der Waals surface area (Å²) in [4.78, 5) is 0. The van der Waals surface area contributed by atoms with Gasteiger partial charge in [-0.3, -0.25) is 4.57 Å². The van der Waals surface area contributed by atoms with Crippen LogP contribution in [0.15, 0.2) is 60.7 Å². The van der Waals surface area contributed by atoms with E-state index in [0.717, 1.165) is 6.42 Å². The Labute approximate surface area is 143 Å². The van der Waals surface area contributed by atoms with Crippen LogP contribution in [0.2, 0.25) is 0 Å². The first-order valence-electron chi connectivity index (χ1n) is 8.20. The third kappa shape index (κ3) is 15.3. The summed E-state index contributed by atoms with van der Waals surface area (Å²) in [7, 11) is -0.701. The van der Waals surface area contributed by atoms with Crippen molar-refractivity contribution in [2.24, 2.45) is 0 Å². The van der Waals surface area contributed by atoms with Crippen LogP contribution in [-0.2, 0) is 15.5 Å². The van der Waals surface area contributed by atoms with Crippen LogP contribution < -0.4 is 0 Å². The maximum Gasteiger partial charge on any atom is 0.196 e. The van der Waals surface area contributed by atoms with Crippen molar-refractivity contribution in [1.82, 2.24) is 0 Å². The molecule has 0 bridgehead atoms. The van der Waals surface area contributed by atoms with Crippen LogP contribution in [0.4, 0.5) is 0 Å². The molecule has 0 N–H and O–H groups in total. The highest BCUT2D eigenvalue weighted by molar-refractivity contribution is 7.57. The van der Waals surface area contributed by atoms with E-state index in [9.17, 15) is 4.57 Å². The van der Waals surface area contributed by atoms with Gasteiger partial charge in [0.05, 0.1) is 0 Å². The van der Waals surface area contributed by atoms with E-state index in [4.69, 9.17) is 0 Å². The van der Waals surface area contributed by atoms with Crippen molar-refractivity contribution in [3.8, 4) is 0 Å². The lowest BCUT2D eigenvalue weighted by atomic mass is 10.1. The normalized spacial score (nSPS) is 9.17. The Kier molecular flexibility index (Phi) is 16.1. The largest absolute Gasteiger partial charge is 0.332 e. The van der Waals surface area contributed by atoms with Crippen molar-refractivity contribution in [2.75, 3.05) is 20.4 Å². The highest BCUT2D eigenvalue weighted by Gasteiger charge is 1.99. The van der Waals surface area contributed by atoms with E-state index in [1.54, 1.807) is 13.3 Å². The molecule has 0 spiro atoms. The lowest BCUT2D eigenvalue weighted by Crippen LogP contribution is -1.85. The van der Waals surface area contributed by atoms with Crippen LogP contribution in [-0.4, -0.2) is 20.4 Å². The van der Waals surface area contributed by atoms with E-state index in [-0.39, 0.29) is 0 Å². The highest BCUT2D eigenvalue weighted by atomic mass is 31.2. The summed E-state index contributed by atoms with van der Waals surface area (Å²) in [6.45, 7) is 11.2. The van der Waals surface area contributed by atoms with Gasteiger partial charge in [-0.05, 0) is 17.5 Å². The summed E-state index contributed by atoms with van der Waals surface area (Å²) in [6, 6.07) is 21.1. The molecule has 0 saturated heterocycles. The van der Waals surface area contributed by atoms with Crippen LogP contribution in [0.1, 0.15) is 38.8 Å². The van der Waals surface area contributed by atoms with Crippen LogP contribution in [0.25, 0.3) is 0 Å². The molecule has 0 aliphatic carbocycles. The molecule has 2 aromatic carbocycles. The smallest absolute Gasteiger partial charge is 0.196 e. The van der Waals surface area contributed by atoms with E-state index in [0.29, 0.717) is 0 Å². The average molecular weight is 336 g/mol. The third-order valence-electron chi connectivity index (χ3n) is 2.53. The van der Waals surface area contributed by atoms with Crippen molar-refractivity contribution in [3.63, 3.8) is 0 Å². The molecule has 0 aliphatic rings. The van der Waals surface area contributed by atoms with Crippen molar-refractivity contribution < 1.29 is 9.09 Å². The molecule has 0 fully saturated rings. The topological polar surface area (TPSA) is 26.3 Å². The Morgan fingerprint density at radius 3 is 1.22 bits per heavy atom. The molecular formula is C20H33O2P. The second-order valence-electron chi connectivity index (χ2n) is 4.58. The summed E-state index contributed by atoms with van der Waals surface area (Å²) in [5, 5.41) is 0. The Morgan fingerprint density at radius 2 is 1.00 bits per heavy atom. The second kappa shape index (κ2) is 15.5. The van der Waals surface area contributed by atoms with Gasteiger partial charge in [0, 0.05) is 20.4 Å². The summed E-state index contributed by atoms with van der Waals surface area (Å²) in [5.74, 6) is 0. The van der Waals surface area contributed by atoms with Gasteiger partial charge in [-0.15, -0.1) is 0 Å². The molecule has 2 aromatic rings. The van der Waals surface area contributed by atoms with Crippen molar-refractivity contribution in [2.45, 2.75) is 34.1 Å². The molecule has 0 unspecified atom stereocenters. The summed E-state index contributed by atoms with van der Waals surface area (Å²) >= 11 is 0. The number of hydrogen-bond acceptors (Lipinski definition) is 2. The second-order valence-corrected chi connectivity index (χ2v) is 7.45. The van der Waals surface area contributed by atoms with Crippen LogP contribution in [0.5, 0.6) is 0 Å². The lowest BCUT2D eigenvalue weighted by Gasteiger charge is -2.00. The van der Waals surface area contributed by atoms with Crippen molar-refractivity contribution in [1.29, 1.82) is 0 Å². The predicted octanol–water partition coefficient (Wildman–Crippen LogP) is 6.50. The molecule has 23 heavy (non-hydrogen) atoms. The lowest BCUT2D eigenvalue weighted by molar-refractivity contribution is 0.404. The first kappa shape index (κ1) is 23.9. The van der Waals surface area contributed by atoms with Gasteiger partial charge in [0.1, 0.15) is 0 Å².